The Kier molecular flexibility index (Phi) is 7.26. The Morgan fingerprint density at radius 3 is 2.82 bits per heavy atom. The van der Waals surface area contributed by atoms with Crippen molar-refractivity contribution in [2.75, 3.05) is 20.6 Å². The quantitative estimate of drug-likeness (QED) is 0.554. The van der Waals surface area contributed by atoms with Gasteiger partial charge in [0.1, 0.15) is 17.5 Å². The number of fused-ring (bicyclic) bond motifs is 1. The number of halogens is 2. The maximum atomic E-state index is 13.9. The molecule has 0 amide bonds. The van der Waals surface area contributed by atoms with Crippen LogP contribution in [0.4, 0.5) is 4.39 Å². The van der Waals surface area contributed by atoms with E-state index in [4.69, 9.17) is 21.6 Å². The van der Waals surface area contributed by atoms with Gasteiger partial charge in [0, 0.05) is 43.3 Å². The molecule has 0 spiro atoms. The van der Waals surface area contributed by atoms with Crippen molar-refractivity contribution in [2.45, 2.75) is 63.1 Å². The molecule has 0 aromatic heterocycles. The molecule has 2 heterocycles. The second kappa shape index (κ2) is 10.4. The molecular weight excluding hydrogens is 449 g/mol. The van der Waals surface area contributed by atoms with E-state index in [9.17, 15) is 4.39 Å². The van der Waals surface area contributed by atoms with Crippen molar-refractivity contribution in [3.8, 4) is 0 Å². The predicted octanol–water partition coefficient (Wildman–Crippen LogP) is 4.94. The minimum absolute atomic E-state index is 0.112. The molecule has 6 unspecified atom stereocenters. The fourth-order valence-corrected chi connectivity index (χ4v) is 6.49. The Balaban J connectivity index is 1.40. The largest absolute Gasteiger partial charge is 0.390 e. The average Bonchev–Trinajstić information content (AvgIpc) is 2.86. The highest BCUT2D eigenvalue weighted by Gasteiger charge is 2.40. The molecule has 7 heteroatoms. The predicted molar refractivity (Wildman–Crippen MR) is 139 cm³/mol. The van der Waals surface area contributed by atoms with Gasteiger partial charge in [-0.05, 0) is 64.2 Å². The zero-order valence-electron chi connectivity index (χ0n) is 20.3. The maximum absolute atomic E-state index is 13.9. The number of amidine groups is 2. The van der Waals surface area contributed by atoms with E-state index in [2.05, 4.69) is 60.0 Å². The van der Waals surface area contributed by atoms with Crippen molar-refractivity contribution < 1.29 is 4.39 Å². The third kappa shape index (κ3) is 5.03. The first-order valence-electron chi connectivity index (χ1n) is 12.8. The van der Waals surface area contributed by atoms with Crippen LogP contribution in [0.5, 0.6) is 0 Å². The van der Waals surface area contributed by atoms with Crippen LogP contribution < -0.4 is 10.6 Å². The van der Waals surface area contributed by atoms with Crippen LogP contribution in [0.25, 0.3) is 0 Å². The lowest BCUT2D eigenvalue weighted by atomic mass is 9.70. The summed E-state index contributed by atoms with van der Waals surface area (Å²) in [6.07, 6.45) is 19.7. The van der Waals surface area contributed by atoms with Gasteiger partial charge in [0.15, 0.2) is 0 Å². The number of rotatable bonds is 4. The first-order chi connectivity index (χ1) is 16.5. The highest BCUT2D eigenvalue weighted by atomic mass is 35.5. The Morgan fingerprint density at radius 2 is 2.06 bits per heavy atom. The van der Waals surface area contributed by atoms with Crippen LogP contribution in [0.15, 0.2) is 57.4 Å². The molecule has 2 N–H and O–H groups in total. The highest BCUT2D eigenvalue weighted by molar-refractivity contribution is 6.29. The number of hydrogen-bond acceptors (Lipinski definition) is 5. The van der Waals surface area contributed by atoms with Gasteiger partial charge in [0.2, 0.25) is 0 Å². The van der Waals surface area contributed by atoms with Crippen LogP contribution >= 0.6 is 11.6 Å². The summed E-state index contributed by atoms with van der Waals surface area (Å²) >= 11 is 6.20. The van der Waals surface area contributed by atoms with Gasteiger partial charge in [0.25, 0.3) is 0 Å². The van der Waals surface area contributed by atoms with Gasteiger partial charge in [-0.15, -0.1) is 0 Å². The van der Waals surface area contributed by atoms with Crippen molar-refractivity contribution in [1.82, 2.24) is 15.5 Å². The van der Waals surface area contributed by atoms with Crippen molar-refractivity contribution >= 4 is 23.3 Å². The van der Waals surface area contributed by atoms with Gasteiger partial charge < -0.3 is 15.5 Å². The summed E-state index contributed by atoms with van der Waals surface area (Å²) < 4.78 is 13.9. The fourth-order valence-electron chi connectivity index (χ4n) is 6.21. The Bertz CT molecular complexity index is 949. The molecule has 34 heavy (non-hydrogen) atoms. The highest BCUT2D eigenvalue weighted by Crippen LogP contribution is 2.40. The standard InChI is InChI=1S/C27H37ClFN5/c1-34(2)25-8-4-3-7-20(25)17-9-12-24-21(14-17)27(31-19-10-11-23(29)22(28)15-19)33-26(32-24)18-6-5-13-30-16-18/h4-5,8-9,12-13,17-21,24-25,30H,3,6-7,10-11,14-16H2,1-2H3,(H,31,32,33)/t17-,18?,19?,20?,21?,24?,25?/m1/s1. The lowest BCUT2D eigenvalue weighted by Gasteiger charge is -2.42. The first-order valence-corrected chi connectivity index (χ1v) is 13.2. The number of nitrogens with one attached hydrogen (secondary N) is 2. The van der Waals surface area contributed by atoms with E-state index in [0.29, 0.717) is 35.8 Å². The normalized spacial score (nSPS) is 37.7. The van der Waals surface area contributed by atoms with Gasteiger partial charge in [-0.2, -0.15) is 0 Å². The van der Waals surface area contributed by atoms with E-state index in [1.807, 2.05) is 6.20 Å². The Morgan fingerprint density at radius 1 is 1.18 bits per heavy atom. The lowest BCUT2D eigenvalue weighted by molar-refractivity contribution is 0.178. The van der Waals surface area contributed by atoms with Gasteiger partial charge in [0.05, 0.1) is 11.1 Å². The summed E-state index contributed by atoms with van der Waals surface area (Å²) in [5, 5.41) is 7.41. The van der Waals surface area contributed by atoms with Gasteiger partial charge in [-0.1, -0.05) is 42.0 Å². The molecule has 5 nitrogen and oxygen atoms in total. The van der Waals surface area contributed by atoms with Crippen LogP contribution in [-0.2, 0) is 0 Å². The topological polar surface area (TPSA) is 52.0 Å². The average molecular weight is 486 g/mol. The first kappa shape index (κ1) is 23.8. The molecule has 3 aliphatic carbocycles. The van der Waals surface area contributed by atoms with E-state index in [1.54, 1.807) is 0 Å². The number of aliphatic imine (C=N–C) groups is 2. The van der Waals surface area contributed by atoms with E-state index >= 15 is 0 Å². The fraction of sp³-hybridized carbons (Fsp3) is 0.630. The number of hydrogen-bond donors (Lipinski definition) is 2. The molecule has 0 saturated heterocycles. The van der Waals surface area contributed by atoms with E-state index in [-0.39, 0.29) is 29.7 Å². The monoisotopic (exact) mass is 485 g/mol. The molecule has 7 atom stereocenters. The number of likely N-dealkylation sites (N-methyl/N-ethyl adjacent to an activating group) is 1. The second-order valence-corrected chi connectivity index (χ2v) is 11.1. The minimum Gasteiger partial charge on any atom is -0.390 e. The Labute approximate surface area is 208 Å². The van der Waals surface area contributed by atoms with Crippen molar-refractivity contribution in [2.24, 2.45) is 33.7 Å². The van der Waals surface area contributed by atoms with Crippen LogP contribution in [0.3, 0.4) is 0 Å². The van der Waals surface area contributed by atoms with Crippen molar-refractivity contribution in [3.63, 3.8) is 0 Å². The summed E-state index contributed by atoms with van der Waals surface area (Å²) in [5.74, 6) is 3.40. The molecule has 5 rings (SSSR count). The van der Waals surface area contributed by atoms with Crippen LogP contribution in [0.1, 0.15) is 44.9 Å². The number of allylic oxidation sites excluding steroid dienone is 4. The minimum atomic E-state index is -0.161. The van der Waals surface area contributed by atoms with E-state index in [1.165, 1.54) is 6.42 Å². The molecule has 0 radical (unpaired) electrons. The summed E-state index contributed by atoms with van der Waals surface area (Å²) in [5.41, 5.74) is 0. The molecule has 0 fully saturated rings. The SMILES string of the molecule is CN(C)C1C=CCCC1[C@@H]1C=CC2N=C(C3CC=CNC3)N=C(NC3CCC(F)=C(Cl)C3)C2C1. The molecule has 0 saturated carbocycles. The lowest BCUT2D eigenvalue weighted by Crippen LogP contribution is -2.49. The zero-order chi connectivity index (χ0) is 23.7. The summed E-state index contributed by atoms with van der Waals surface area (Å²) in [4.78, 5) is 12.6. The van der Waals surface area contributed by atoms with Crippen molar-refractivity contribution in [3.05, 3.63) is 47.4 Å². The molecule has 2 aliphatic heterocycles. The smallest absolute Gasteiger partial charge is 0.131 e. The van der Waals surface area contributed by atoms with Crippen molar-refractivity contribution in [1.29, 1.82) is 0 Å². The third-order valence-electron chi connectivity index (χ3n) is 8.12. The molecule has 0 bridgehead atoms. The number of nitrogens with zero attached hydrogens (tertiary/aromatic N) is 3. The summed E-state index contributed by atoms with van der Waals surface area (Å²) in [6.45, 7) is 0.859. The maximum Gasteiger partial charge on any atom is 0.131 e. The molecule has 0 aromatic rings. The van der Waals surface area contributed by atoms with E-state index < -0.39 is 0 Å². The summed E-state index contributed by atoms with van der Waals surface area (Å²) in [7, 11) is 4.36. The zero-order valence-corrected chi connectivity index (χ0v) is 21.0. The van der Waals surface area contributed by atoms with Gasteiger partial charge >= 0.3 is 0 Å². The third-order valence-corrected chi connectivity index (χ3v) is 8.48. The Hall–Kier alpha value is -1.92. The van der Waals surface area contributed by atoms with Gasteiger partial charge in [-0.3, -0.25) is 4.99 Å². The molecule has 5 aliphatic rings. The van der Waals surface area contributed by atoms with Crippen LogP contribution in [-0.4, -0.2) is 55.3 Å². The molecule has 0 aromatic carbocycles. The van der Waals surface area contributed by atoms with Gasteiger partial charge in [-0.25, -0.2) is 9.38 Å². The summed E-state index contributed by atoms with van der Waals surface area (Å²) in [6, 6.07) is 0.688. The molecular formula is C27H37ClFN5. The van der Waals surface area contributed by atoms with Crippen LogP contribution in [0.2, 0.25) is 0 Å². The van der Waals surface area contributed by atoms with E-state index in [0.717, 1.165) is 43.9 Å². The molecule has 184 valence electrons. The van der Waals surface area contributed by atoms with Crippen LogP contribution in [0, 0.1) is 23.7 Å². The second-order valence-electron chi connectivity index (χ2n) is 10.6.